The second-order valence-corrected chi connectivity index (χ2v) is 7.23. The van der Waals surface area contributed by atoms with Crippen LogP contribution in [0.2, 0.25) is 0 Å². The van der Waals surface area contributed by atoms with E-state index in [2.05, 4.69) is 24.1 Å². The summed E-state index contributed by atoms with van der Waals surface area (Å²) in [6.45, 7) is 5.13. The van der Waals surface area contributed by atoms with Gasteiger partial charge in [-0.1, -0.05) is 56.3 Å². The van der Waals surface area contributed by atoms with Crippen molar-refractivity contribution in [1.82, 2.24) is 9.97 Å². The largest absolute Gasteiger partial charge is 0.370 e. The molecule has 1 unspecified atom stereocenters. The third-order valence-corrected chi connectivity index (χ3v) is 4.62. The van der Waals surface area contributed by atoms with E-state index in [1.54, 1.807) is 12.4 Å². The van der Waals surface area contributed by atoms with Crippen molar-refractivity contribution in [1.29, 1.82) is 0 Å². The highest BCUT2D eigenvalue weighted by Gasteiger charge is 2.24. The van der Waals surface area contributed by atoms with Crippen molar-refractivity contribution >= 4 is 11.7 Å². The van der Waals surface area contributed by atoms with Crippen LogP contribution in [0.4, 0.5) is 5.82 Å². The molecule has 1 amide bonds. The molecule has 5 nitrogen and oxygen atoms in total. The summed E-state index contributed by atoms with van der Waals surface area (Å²) in [6.07, 6.45) is 4.36. The van der Waals surface area contributed by atoms with Gasteiger partial charge in [-0.3, -0.25) is 9.78 Å². The fourth-order valence-corrected chi connectivity index (χ4v) is 3.14. The molecule has 0 saturated carbocycles. The van der Waals surface area contributed by atoms with Crippen LogP contribution in [0.15, 0.2) is 67.0 Å². The Balaban J connectivity index is 2.03. The first-order chi connectivity index (χ1) is 13.6. The maximum Gasteiger partial charge on any atom is 0.229 e. The van der Waals surface area contributed by atoms with Gasteiger partial charge in [-0.25, -0.2) is 4.98 Å². The summed E-state index contributed by atoms with van der Waals surface area (Å²) in [5, 5.41) is 3.42. The van der Waals surface area contributed by atoms with Gasteiger partial charge in [-0.15, -0.1) is 0 Å². The Bertz CT molecular complexity index is 910. The summed E-state index contributed by atoms with van der Waals surface area (Å²) < 4.78 is 0. The van der Waals surface area contributed by atoms with Crippen molar-refractivity contribution in [2.45, 2.75) is 26.2 Å². The molecule has 0 aliphatic heterocycles. The van der Waals surface area contributed by atoms with Crippen LogP contribution in [0.25, 0.3) is 11.3 Å². The number of aromatic nitrogens is 2. The van der Waals surface area contributed by atoms with Crippen molar-refractivity contribution in [3.63, 3.8) is 0 Å². The molecule has 0 saturated heterocycles. The molecule has 0 spiro atoms. The van der Waals surface area contributed by atoms with Crippen LogP contribution in [-0.4, -0.2) is 22.4 Å². The van der Waals surface area contributed by atoms with Crippen molar-refractivity contribution in [3.8, 4) is 11.3 Å². The third-order valence-electron chi connectivity index (χ3n) is 4.62. The van der Waals surface area contributed by atoms with Crippen molar-refractivity contribution < 1.29 is 4.79 Å². The Labute approximate surface area is 166 Å². The van der Waals surface area contributed by atoms with Gasteiger partial charge in [0, 0.05) is 30.1 Å². The van der Waals surface area contributed by atoms with Gasteiger partial charge < -0.3 is 11.1 Å². The summed E-state index contributed by atoms with van der Waals surface area (Å²) in [7, 11) is 0. The maximum absolute atomic E-state index is 12.3. The van der Waals surface area contributed by atoms with E-state index in [1.165, 1.54) is 0 Å². The number of hydrogen-bond donors (Lipinski definition) is 2. The van der Waals surface area contributed by atoms with Gasteiger partial charge in [0.15, 0.2) is 0 Å². The highest BCUT2D eigenvalue weighted by Crippen LogP contribution is 2.31. The van der Waals surface area contributed by atoms with E-state index in [-0.39, 0.29) is 0 Å². The molecule has 3 aromatic rings. The lowest BCUT2D eigenvalue weighted by Crippen LogP contribution is -2.24. The summed E-state index contributed by atoms with van der Waals surface area (Å²) in [4.78, 5) is 21.3. The van der Waals surface area contributed by atoms with Gasteiger partial charge in [-0.05, 0) is 30.0 Å². The molecule has 28 heavy (non-hydrogen) atoms. The molecular formula is C23H26N4O. The number of nitrogens with two attached hydrogens (primary N) is 1. The van der Waals surface area contributed by atoms with Crippen LogP contribution < -0.4 is 11.1 Å². The number of nitrogens with one attached hydrogen (secondary N) is 1. The Morgan fingerprint density at radius 1 is 1.07 bits per heavy atom. The van der Waals surface area contributed by atoms with Crippen LogP contribution in [0.3, 0.4) is 0 Å². The number of benzene rings is 1. The minimum Gasteiger partial charge on any atom is -0.370 e. The van der Waals surface area contributed by atoms with Gasteiger partial charge in [-0.2, -0.15) is 0 Å². The van der Waals surface area contributed by atoms with Crippen LogP contribution in [0.5, 0.6) is 0 Å². The first-order valence-corrected chi connectivity index (χ1v) is 9.55. The smallest absolute Gasteiger partial charge is 0.229 e. The molecule has 0 aliphatic rings. The molecule has 0 bridgehead atoms. The number of pyridine rings is 2. The molecule has 2 aromatic heterocycles. The predicted octanol–water partition coefficient (Wildman–Crippen LogP) is 4.22. The summed E-state index contributed by atoms with van der Waals surface area (Å²) in [5.74, 6) is 0.231. The van der Waals surface area contributed by atoms with Crippen LogP contribution >= 0.6 is 0 Å². The monoisotopic (exact) mass is 374 g/mol. The second-order valence-electron chi connectivity index (χ2n) is 7.23. The molecule has 144 valence electrons. The predicted molar refractivity (Wildman–Crippen MR) is 113 cm³/mol. The maximum atomic E-state index is 12.3. The zero-order chi connectivity index (χ0) is 19.9. The zero-order valence-corrected chi connectivity index (χ0v) is 16.3. The van der Waals surface area contributed by atoms with Crippen molar-refractivity contribution in [2.24, 2.45) is 11.7 Å². The SMILES string of the molecule is CC(C)CCNc1nc(-c2ccccc2)ccc1C(C(N)=O)c1cccnc1. The molecule has 3 N–H and O–H groups in total. The number of nitrogens with zero attached hydrogens (tertiary/aromatic N) is 2. The summed E-state index contributed by atoms with van der Waals surface area (Å²) >= 11 is 0. The van der Waals surface area contributed by atoms with Crippen molar-refractivity contribution in [2.75, 3.05) is 11.9 Å². The fraction of sp³-hybridized carbons (Fsp3) is 0.261. The first-order valence-electron chi connectivity index (χ1n) is 9.55. The number of rotatable bonds is 8. The number of primary amides is 1. The van der Waals surface area contributed by atoms with Crippen LogP contribution in [0.1, 0.15) is 37.3 Å². The quantitative estimate of drug-likeness (QED) is 0.619. The van der Waals surface area contributed by atoms with Crippen LogP contribution in [-0.2, 0) is 4.79 Å². The fourth-order valence-electron chi connectivity index (χ4n) is 3.14. The molecule has 1 aromatic carbocycles. The highest BCUT2D eigenvalue weighted by molar-refractivity contribution is 5.87. The summed E-state index contributed by atoms with van der Waals surface area (Å²) in [6, 6.07) is 17.5. The van der Waals surface area contributed by atoms with Gasteiger partial charge >= 0.3 is 0 Å². The van der Waals surface area contributed by atoms with E-state index in [0.29, 0.717) is 11.7 Å². The van der Waals surface area contributed by atoms with Gasteiger partial charge in [0.05, 0.1) is 11.6 Å². The number of carbonyl (C=O) groups is 1. The Morgan fingerprint density at radius 3 is 2.50 bits per heavy atom. The Kier molecular flexibility index (Phi) is 6.37. The summed E-state index contributed by atoms with van der Waals surface area (Å²) in [5.41, 5.74) is 9.18. The van der Waals surface area contributed by atoms with E-state index in [4.69, 9.17) is 10.7 Å². The third kappa shape index (κ3) is 4.74. The molecule has 2 heterocycles. The van der Waals surface area contributed by atoms with Gasteiger partial charge in [0.2, 0.25) is 5.91 Å². The molecule has 0 fully saturated rings. The van der Waals surface area contributed by atoms with E-state index in [1.807, 2.05) is 54.6 Å². The molecular weight excluding hydrogens is 348 g/mol. The topological polar surface area (TPSA) is 80.9 Å². The number of hydrogen-bond acceptors (Lipinski definition) is 4. The van der Waals surface area contributed by atoms with E-state index < -0.39 is 11.8 Å². The number of anilines is 1. The lowest BCUT2D eigenvalue weighted by molar-refractivity contribution is -0.118. The van der Waals surface area contributed by atoms with E-state index in [9.17, 15) is 4.79 Å². The van der Waals surface area contributed by atoms with E-state index in [0.717, 1.165) is 35.3 Å². The Morgan fingerprint density at radius 2 is 1.86 bits per heavy atom. The van der Waals surface area contributed by atoms with Gasteiger partial charge in [0.1, 0.15) is 5.82 Å². The molecule has 5 heteroatoms. The number of carbonyl (C=O) groups excluding carboxylic acids is 1. The Hall–Kier alpha value is -3.21. The minimum absolute atomic E-state index is 0.422. The standard InChI is InChI=1S/C23H26N4O/c1-16(2)12-14-26-23-19(21(22(24)28)18-9-6-13-25-15-18)10-11-20(27-23)17-7-4-3-5-8-17/h3-11,13,15-16,21H,12,14H2,1-2H3,(H2,24,28)(H,26,27). The molecule has 0 aliphatic carbocycles. The lowest BCUT2D eigenvalue weighted by Gasteiger charge is -2.19. The van der Waals surface area contributed by atoms with E-state index >= 15 is 0 Å². The highest BCUT2D eigenvalue weighted by atomic mass is 16.1. The van der Waals surface area contributed by atoms with Crippen molar-refractivity contribution in [3.05, 3.63) is 78.1 Å². The van der Waals surface area contributed by atoms with Gasteiger partial charge in [0.25, 0.3) is 0 Å². The lowest BCUT2D eigenvalue weighted by atomic mass is 9.91. The minimum atomic E-state index is -0.604. The second kappa shape index (κ2) is 9.13. The average molecular weight is 374 g/mol. The first kappa shape index (κ1) is 19.5. The molecule has 0 radical (unpaired) electrons. The number of amides is 1. The zero-order valence-electron chi connectivity index (χ0n) is 16.3. The molecule has 3 rings (SSSR count). The normalized spacial score (nSPS) is 12.0. The van der Waals surface area contributed by atoms with Crippen LogP contribution in [0, 0.1) is 5.92 Å². The average Bonchev–Trinajstić information content (AvgIpc) is 2.70. The molecule has 1 atom stereocenters.